The lowest BCUT2D eigenvalue weighted by atomic mass is 9.78. The molecule has 2 heteroatoms. The lowest BCUT2D eigenvalue weighted by Gasteiger charge is -2.27. The van der Waals surface area contributed by atoms with E-state index in [1.165, 1.54) is 50.2 Å². The molecule has 1 aliphatic carbocycles. The molecule has 0 radical (unpaired) electrons. The molecule has 0 bridgehead atoms. The van der Waals surface area contributed by atoms with Gasteiger partial charge in [-0.1, -0.05) is 69.4 Å². The summed E-state index contributed by atoms with van der Waals surface area (Å²) in [6.07, 6.45) is 9.34. The Hall–Kier alpha value is -2.14. The minimum Gasteiger partial charge on any atom is -0.206 e. The summed E-state index contributed by atoms with van der Waals surface area (Å²) in [7, 11) is 0. The maximum atomic E-state index is 13.8. The average molecular weight is 335 g/mol. The molecule has 0 spiro atoms. The van der Waals surface area contributed by atoms with E-state index in [-0.39, 0.29) is 5.56 Å². The molecular formula is C23H26FN. The number of benzene rings is 2. The summed E-state index contributed by atoms with van der Waals surface area (Å²) in [5.74, 6) is 1.39. The first-order chi connectivity index (χ1) is 12.2. The second-order valence-electron chi connectivity index (χ2n) is 7.34. The summed E-state index contributed by atoms with van der Waals surface area (Å²) in [6.45, 7) is 2.31. The van der Waals surface area contributed by atoms with E-state index >= 15 is 0 Å². The molecule has 1 saturated carbocycles. The minimum atomic E-state index is -0.452. The number of nitriles is 1. The predicted octanol–water partition coefficient (Wildman–Crippen LogP) is 6.51. The van der Waals surface area contributed by atoms with Crippen LogP contribution in [0.2, 0.25) is 0 Å². The number of rotatable bonds is 5. The van der Waals surface area contributed by atoms with Crippen LogP contribution in [0.4, 0.5) is 4.39 Å². The van der Waals surface area contributed by atoms with E-state index in [1.807, 2.05) is 12.1 Å². The Kier molecular flexibility index (Phi) is 5.87. The SMILES string of the molecule is CCC1CCC(CCc2ccc(-c3ccc(C#N)c(F)c3)cc2)CC1. The zero-order chi connectivity index (χ0) is 17.6. The van der Waals surface area contributed by atoms with Gasteiger partial charge < -0.3 is 0 Å². The van der Waals surface area contributed by atoms with Gasteiger partial charge in [-0.3, -0.25) is 0 Å². The highest BCUT2D eigenvalue weighted by Crippen LogP contribution is 2.33. The first-order valence-corrected chi connectivity index (χ1v) is 9.48. The molecule has 130 valence electrons. The van der Waals surface area contributed by atoms with Gasteiger partial charge in [-0.05, 0) is 53.5 Å². The van der Waals surface area contributed by atoms with Crippen molar-refractivity contribution in [3.8, 4) is 17.2 Å². The van der Waals surface area contributed by atoms with Crippen LogP contribution >= 0.6 is 0 Å². The molecule has 0 N–H and O–H groups in total. The number of aryl methyl sites for hydroxylation is 1. The molecule has 0 unspecified atom stereocenters. The summed E-state index contributed by atoms with van der Waals surface area (Å²) in [5, 5.41) is 8.82. The minimum absolute atomic E-state index is 0.0955. The van der Waals surface area contributed by atoms with E-state index in [9.17, 15) is 4.39 Å². The van der Waals surface area contributed by atoms with Gasteiger partial charge in [0.05, 0.1) is 5.56 Å². The maximum Gasteiger partial charge on any atom is 0.141 e. The summed E-state index contributed by atoms with van der Waals surface area (Å²) in [4.78, 5) is 0. The number of hydrogen-bond donors (Lipinski definition) is 0. The third kappa shape index (κ3) is 4.48. The van der Waals surface area contributed by atoms with Gasteiger partial charge in [0.1, 0.15) is 11.9 Å². The van der Waals surface area contributed by atoms with E-state index in [0.29, 0.717) is 0 Å². The summed E-state index contributed by atoms with van der Waals surface area (Å²) in [5.41, 5.74) is 3.27. The fourth-order valence-corrected chi connectivity index (χ4v) is 3.95. The molecule has 0 aromatic heterocycles. The van der Waals surface area contributed by atoms with E-state index in [2.05, 4.69) is 31.2 Å². The molecular weight excluding hydrogens is 309 g/mol. The molecule has 0 heterocycles. The summed E-state index contributed by atoms with van der Waals surface area (Å²) < 4.78 is 13.8. The van der Waals surface area contributed by atoms with E-state index in [1.54, 1.807) is 6.07 Å². The maximum absolute atomic E-state index is 13.8. The van der Waals surface area contributed by atoms with E-state index in [4.69, 9.17) is 5.26 Å². The molecule has 1 aliphatic rings. The third-order valence-electron chi connectivity index (χ3n) is 5.76. The summed E-state index contributed by atoms with van der Waals surface area (Å²) >= 11 is 0. The van der Waals surface area contributed by atoms with Crippen LogP contribution in [0.3, 0.4) is 0 Å². The van der Waals surface area contributed by atoms with Crippen LogP contribution in [0.1, 0.15) is 56.6 Å². The Bertz CT molecular complexity index is 734. The quantitative estimate of drug-likeness (QED) is 0.610. The highest BCUT2D eigenvalue weighted by atomic mass is 19.1. The predicted molar refractivity (Wildman–Crippen MR) is 101 cm³/mol. The molecule has 2 aromatic rings. The van der Waals surface area contributed by atoms with Crippen molar-refractivity contribution >= 4 is 0 Å². The fraction of sp³-hybridized carbons (Fsp3) is 0.435. The van der Waals surface area contributed by atoms with Gasteiger partial charge in [0.25, 0.3) is 0 Å². The van der Waals surface area contributed by atoms with Gasteiger partial charge in [-0.15, -0.1) is 0 Å². The Balaban J connectivity index is 1.57. The van der Waals surface area contributed by atoms with Gasteiger partial charge >= 0.3 is 0 Å². The number of nitrogens with zero attached hydrogens (tertiary/aromatic N) is 1. The van der Waals surface area contributed by atoms with Crippen LogP contribution in [0, 0.1) is 29.0 Å². The monoisotopic (exact) mass is 335 g/mol. The van der Waals surface area contributed by atoms with Crippen LogP contribution in [0.5, 0.6) is 0 Å². The van der Waals surface area contributed by atoms with Crippen LogP contribution < -0.4 is 0 Å². The molecule has 0 amide bonds. The molecule has 1 nitrogen and oxygen atoms in total. The van der Waals surface area contributed by atoms with Gasteiger partial charge in [0, 0.05) is 0 Å². The van der Waals surface area contributed by atoms with Crippen molar-refractivity contribution in [2.45, 2.75) is 51.9 Å². The molecule has 2 aromatic carbocycles. The fourth-order valence-electron chi connectivity index (χ4n) is 3.95. The van der Waals surface area contributed by atoms with Crippen molar-refractivity contribution in [1.82, 2.24) is 0 Å². The second kappa shape index (κ2) is 8.30. The van der Waals surface area contributed by atoms with Crippen LogP contribution in [-0.4, -0.2) is 0 Å². The van der Waals surface area contributed by atoms with Crippen molar-refractivity contribution in [3.63, 3.8) is 0 Å². The number of hydrogen-bond acceptors (Lipinski definition) is 1. The number of halogens is 1. The topological polar surface area (TPSA) is 23.8 Å². The lowest BCUT2D eigenvalue weighted by molar-refractivity contribution is 0.259. The lowest BCUT2D eigenvalue weighted by Crippen LogP contribution is -2.14. The van der Waals surface area contributed by atoms with Crippen LogP contribution in [0.25, 0.3) is 11.1 Å². The second-order valence-corrected chi connectivity index (χ2v) is 7.34. The van der Waals surface area contributed by atoms with Gasteiger partial charge in [0.2, 0.25) is 0 Å². The van der Waals surface area contributed by atoms with Crippen molar-refractivity contribution in [3.05, 3.63) is 59.4 Å². The van der Waals surface area contributed by atoms with Gasteiger partial charge in [0.15, 0.2) is 0 Å². The zero-order valence-electron chi connectivity index (χ0n) is 15.0. The average Bonchev–Trinajstić information content (AvgIpc) is 2.67. The van der Waals surface area contributed by atoms with E-state index < -0.39 is 5.82 Å². The van der Waals surface area contributed by atoms with Crippen molar-refractivity contribution in [1.29, 1.82) is 5.26 Å². The third-order valence-corrected chi connectivity index (χ3v) is 5.76. The molecule has 0 aliphatic heterocycles. The first-order valence-electron chi connectivity index (χ1n) is 9.48. The molecule has 1 fully saturated rings. The smallest absolute Gasteiger partial charge is 0.141 e. The van der Waals surface area contributed by atoms with Gasteiger partial charge in [-0.2, -0.15) is 5.26 Å². The van der Waals surface area contributed by atoms with E-state index in [0.717, 1.165) is 29.4 Å². The molecule has 0 atom stereocenters. The van der Waals surface area contributed by atoms with Crippen LogP contribution in [0.15, 0.2) is 42.5 Å². The highest BCUT2D eigenvalue weighted by Gasteiger charge is 2.19. The van der Waals surface area contributed by atoms with Crippen molar-refractivity contribution in [2.24, 2.45) is 11.8 Å². The van der Waals surface area contributed by atoms with Crippen LogP contribution in [-0.2, 0) is 6.42 Å². The van der Waals surface area contributed by atoms with Crippen molar-refractivity contribution in [2.75, 3.05) is 0 Å². The largest absolute Gasteiger partial charge is 0.206 e. The van der Waals surface area contributed by atoms with Crippen molar-refractivity contribution < 1.29 is 4.39 Å². The summed E-state index contributed by atoms with van der Waals surface area (Å²) in [6, 6.07) is 15.1. The Labute approximate surface area is 150 Å². The molecule has 25 heavy (non-hydrogen) atoms. The van der Waals surface area contributed by atoms with Gasteiger partial charge in [-0.25, -0.2) is 4.39 Å². The normalized spacial score (nSPS) is 20.2. The Morgan fingerprint density at radius 1 is 0.960 bits per heavy atom. The Morgan fingerprint density at radius 3 is 2.20 bits per heavy atom. The zero-order valence-corrected chi connectivity index (χ0v) is 15.0. The first kappa shape index (κ1) is 17.7. The molecule has 3 rings (SSSR count). The standard InChI is InChI=1S/C23H26FN/c1-2-17-3-5-18(6-4-17)7-8-19-9-11-20(12-10-19)21-13-14-22(16-25)23(24)15-21/h9-15,17-18H,2-8H2,1H3. The Morgan fingerprint density at radius 2 is 1.60 bits per heavy atom. The molecule has 0 saturated heterocycles. The highest BCUT2D eigenvalue weighted by molar-refractivity contribution is 5.64.